The topological polar surface area (TPSA) is 70.7 Å². The Hall–Kier alpha value is -0.530. The average Bonchev–Trinajstić information content (AvgIpc) is 2.71. The first-order chi connectivity index (χ1) is 8.24. The molecule has 0 saturated carbocycles. The van der Waals surface area contributed by atoms with Gasteiger partial charge in [0.25, 0.3) is 0 Å². The second kappa shape index (κ2) is 10.4. The van der Waals surface area contributed by atoms with Crippen LogP contribution in [0.5, 0.6) is 0 Å². The van der Waals surface area contributed by atoms with Crippen molar-refractivity contribution in [1.29, 1.82) is 0 Å². The maximum absolute atomic E-state index is 11.3. The first-order valence-electron chi connectivity index (χ1n) is 6.55. The van der Waals surface area contributed by atoms with Crippen LogP contribution in [0.4, 0.5) is 0 Å². The number of nitrogens with one attached hydrogen (secondary N) is 1. The van der Waals surface area contributed by atoms with Gasteiger partial charge >= 0.3 is 0 Å². The number of unbranched alkanes of at least 4 members (excludes halogenated alkanes) is 1. The summed E-state index contributed by atoms with van der Waals surface area (Å²) in [5.74, 6) is 0.800. The van der Waals surface area contributed by atoms with Crippen LogP contribution in [-0.2, 0) is 4.79 Å². The number of aliphatic imine (C=N–C) groups is 1. The Morgan fingerprint density at radius 3 is 2.89 bits per heavy atom. The number of carbonyl (C=O) groups excluding carboxylic acids is 1. The summed E-state index contributed by atoms with van der Waals surface area (Å²) in [6.07, 6.45) is 4.87. The van der Waals surface area contributed by atoms with Crippen LogP contribution in [0.1, 0.15) is 39.0 Å². The Labute approximate surface area is 127 Å². The lowest BCUT2D eigenvalue weighted by molar-refractivity contribution is -0.127. The van der Waals surface area contributed by atoms with Gasteiger partial charge in [0, 0.05) is 32.6 Å². The van der Waals surface area contributed by atoms with Gasteiger partial charge < -0.3 is 16.0 Å². The minimum atomic E-state index is 0. The van der Waals surface area contributed by atoms with Crippen LogP contribution < -0.4 is 11.1 Å². The lowest BCUT2D eigenvalue weighted by Crippen LogP contribution is -2.32. The molecule has 0 aromatic rings. The molecule has 0 aromatic heterocycles. The van der Waals surface area contributed by atoms with E-state index in [1.807, 2.05) is 4.90 Å². The lowest BCUT2D eigenvalue weighted by atomic mass is 10.3. The number of hydrogen-bond donors (Lipinski definition) is 2. The molecule has 1 heterocycles. The zero-order chi connectivity index (χ0) is 12.5. The maximum Gasteiger partial charge on any atom is 0.222 e. The van der Waals surface area contributed by atoms with E-state index in [0.717, 1.165) is 45.3 Å². The number of guanidine groups is 1. The second-order valence-corrected chi connectivity index (χ2v) is 4.39. The minimum Gasteiger partial charge on any atom is -0.370 e. The van der Waals surface area contributed by atoms with Gasteiger partial charge in [0.05, 0.1) is 0 Å². The van der Waals surface area contributed by atoms with Gasteiger partial charge in [-0.3, -0.25) is 9.79 Å². The van der Waals surface area contributed by atoms with Crippen molar-refractivity contribution in [2.24, 2.45) is 10.7 Å². The SMILES string of the molecule is CCCCNC(N)=NCCCN1CCCC1=O.I. The molecule has 6 heteroatoms. The van der Waals surface area contributed by atoms with E-state index < -0.39 is 0 Å². The van der Waals surface area contributed by atoms with E-state index >= 15 is 0 Å². The molecule has 1 rings (SSSR count). The van der Waals surface area contributed by atoms with Gasteiger partial charge in [-0.15, -0.1) is 24.0 Å². The van der Waals surface area contributed by atoms with Gasteiger partial charge in [-0.05, 0) is 19.3 Å². The highest BCUT2D eigenvalue weighted by molar-refractivity contribution is 14.0. The fraction of sp³-hybridized carbons (Fsp3) is 0.833. The zero-order valence-electron chi connectivity index (χ0n) is 11.2. The summed E-state index contributed by atoms with van der Waals surface area (Å²) in [7, 11) is 0. The molecule has 1 aliphatic rings. The molecule has 1 fully saturated rings. The van der Waals surface area contributed by atoms with E-state index in [9.17, 15) is 4.79 Å². The number of amides is 1. The van der Waals surface area contributed by atoms with Crippen molar-refractivity contribution >= 4 is 35.8 Å². The normalized spacial score (nSPS) is 15.7. The number of halogens is 1. The number of rotatable bonds is 7. The quantitative estimate of drug-likeness (QED) is 0.308. The second-order valence-electron chi connectivity index (χ2n) is 4.39. The van der Waals surface area contributed by atoms with Crippen molar-refractivity contribution in [3.05, 3.63) is 0 Å². The van der Waals surface area contributed by atoms with Crippen molar-refractivity contribution in [2.45, 2.75) is 39.0 Å². The molecular formula is C12H25IN4O. The van der Waals surface area contributed by atoms with Crippen molar-refractivity contribution in [3.63, 3.8) is 0 Å². The Morgan fingerprint density at radius 2 is 2.28 bits per heavy atom. The summed E-state index contributed by atoms with van der Waals surface area (Å²) < 4.78 is 0. The van der Waals surface area contributed by atoms with Crippen LogP contribution in [0, 0.1) is 0 Å². The third-order valence-electron chi connectivity index (χ3n) is 2.88. The van der Waals surface area contributed by atoms with E-state index in [1.165, 1.54) is 0 Å². The molecule has 0 spiro atoms. The number of nitrogens with zero attached hydrogens (tertiary/aromatic N) is 2. The molecule has 0 aliphatic carbocycles. The standard InChI is InChI=1S/C12H24N4O.HI/c1-2-3-7-14-12(13)15-8-5-10-16-9-4-6-11(16)17;/h2-10H2,1H3,(H3,13,14,15);1H. The third kappa shape index (κ3) is 7.03. The Bertz CT molecular complexity index is 271. The Balaban J connectivity index is 0.00000289. The maximum atomic E-state index is 11.3. The van der Waals surface area contributed by atoms with E-state index in [2.05, 4.69) is 17.2 Å². The Kier molecular flexibility index (Phi) is 10.1. The van der Waals surface area contributed by atoms with Gasteiger partial charge in [0.2, 0.25) is 5.91 Å². The summed E-state index contributed by atoms with van der Waals surface area (Å²) in [5, 5.41) is 3.07. The Morgan fingerprint density at radius 1 is 1.50 bits per heavy atom. The van der Waals surface area contributed by atoms with Crippen molar-refractivity contribution in [2.75, 3.05) is 26.2 Å². The van der Waals surface area contributed by atoms with Crippen LogP contribution in [0.2, 0.25) is 0 Å². The molecule has 0 unspecified atom stereocenters. The minimum absolute atomic E-state index is 0. The van der Waals surface area contributed by atoms with E-state index in [4.69, 9.17) is 5.73 Å². The highest BCUT2D eigenvalue weighted by atomic mass is 127. The van der Waals surface area contributed by atoms with Crippen molar-refractivity contribution in [1.82, 2.24) is 10.2 Å². The predicted octanol–water partition coefficient (Wildman–Crippen LogP) is 1.32. The molecule has 0 bridgehead atoms. The summed E-state index contributed by atoms with van der Waals surface area (Å²) in [5.41, 5.74) is 5.69. The largest absolute Gasteiger partial charge is 0.370 e. The van der Waals surface area contributed by atoms with Gasteiger partial charge in [-0.1, -0.05) is 13.3 Å². The molecule has 0 atom stereocenters. The molecule has 5 nitrogen and oxygen atoms in total. The first kappa shape index (κ1) is 17.5. The van der Waals surface area contributed by atoms with Crippen LogP contribution in [-0.4, -0.2) is 42.9 Å². The highest BCUT2D eigenvalue weighted by Gasteiger charge is 2.18. The lowest BCUT2D eigenvalue weighted by Gasteiger charge is -2.14. The van der Waals surface area contributed by atoms with Crippen LogP contribution in [0.25, 0.3) is 0 Å². The molecule has 0 aromatic carbocycles. The fourth-order valence-electron chi connectivity index (χ4n) is 1.85. The summed E-state index contributed by atoms with van der Waals surface area (Å²) in [4.78, 5) is 17.5. The average molecular weight is 368 g/mol. The van der Waals surface area contributed by atoms with Gasteiger partial charge in [0.15, 0.2) is 5.96 Å². The van der Waals surface area contributed by atoms with Gasteiger partial charge in [-0.25, -0.2) is 0 Å². The molecule has 3 N–H and O–H groups in total. The number of hydrogen-bond acceptors (Lipinski definition) is 2. The number of likely N-dealkylation sites (tertiary alicyclic amines) is 1. The highest BCUT2D eigenvalue weighted by Crippen LogP contribution is 2.09. The smallest absolute Gasteiger partial charge is 0.222 e. The molecule has 0 radical (unpaired) electrons. The molecule has 18 heavy (non-hydrogen) atoms. The predicted molar refractivity (Wildman–Crippen MR) is 85.2 cm³/mol. The summed E-state index contributed by atoms with van der Waals surface area (Å²) >= 11 is 0. The van der Waals surface area contributed by atoms with Crippen LogP contribution in [0.15, 0.2) is 4.99 Å². The first-order valence-corrected chi connectivity index (χ1v) is 6.55. The van der Waals surface area contributed by atoms with E-state index in [-0.39, 0.29) is 29.9 Å². The summed E-state index contributed by atoms with van der Waals surface area (Å²) in [6, 6.07) is 0. The number of carbonyl (C=O) groups is 1. The molecule has 1 aliphatic heterocycles. The van der Waals surface area contributed by atoms with E-state index in [0.29, 0.717) is 18.9 Å². The van der Waals surface area contributed by atoms with Crippen molar-refractivity contribution < 1.29 is 4.79 Å². The zero-order valence-corrected chi connectivity index (χ0v) is 13.5. The van der Waals surface area contributed by atoms with E-state index in [1.54, 1.807) is 0 Å². The molecule has 1 saturated heterocycles. The molecular weight excluding hydrogens is 343 g/mol. The van der Waals surface area contributed by atoms with Crippen LogP contribution >= 0.6 is 24.0 Å². The molecule has 1 amide bonds. The monoisotopic (exact) mass is 368 g/mol. The summed E-state index contributed by atoms with van der Waals surface area (Å²) in [6.45, 7) is 5.44. The third-order valence-corrected chi connectivity index (χ3v) is 2.88. The number of nitrogens with two attached hydrogens (primary N) is 1. The molecule has 106 valence electrons. The van der Waals surface area contributed by atoms with Gasteiger partial charge in [-0.2, -0.15) is 0 Å². The van der Waals surface area contributed by atoms with Gasteiger partial charge in [0.1, 0.15) is 0 Å². The van der Waals surface area contributed by atoms with Crippen molar-refractivity contribution in [3.8, 4) is 0 Å². The fourth-order valence-corrected chi connectivity index (χ4v) is 1.85. The van der Waals surface area contributed by atoms with Crippen LogP contribution in [0.3, 0.4) is 0 Å².